The third-order valence-electron chi connectivity index (χ3n) is 11.8. The molecule has 0 spiro atoms. The molecule has 7 nitrogen and oxygen atoms in total. The lowest BCUT2D eigenvalue weighted by Crippen LogP contribution is -2.66. The van der Waals surface area contributed by atoms with Gasteiger partial charge >= 0.3 is 0 Å². The van der Waals surface area contributed by atoms with Crippen molar-refractivity contribution in [2.75, 3.05) is 70.6 Å². The number of hydrogen-bond donors (Lipinski definition) is 1. The van der Waals surface area contributed by atoms with Gasteiger partial charge in [0.05, 0.1) is 43.0 Å². The number of anilines is 1. The zero-order valence-corrected chi connectivity index (χ0v) is 31.1. The molecule has 266 valence electrons. The Bertz CT molecular complexity index is 1630. The van der Waals surface area contributed by atoms with Gasteiger partial charge in [-0.05, 0) is 59.9 Å². The Morgan fingerprint density at radius 2 is 1.49 bits per heavy atom. The maximum absolute atomic E-state index is 14.1. The van der Waals surface area contributed by atoms with Gasteiger partial charge in [0.1, 0.15) is 12.3 Å². The van der Waals surface area contributed by atoms with E-state index in [2.05, 4.69) is 43.0 Å². The van der Waals surface area contributed by atoms with Gasteiger partial charge in [-0.25, -0.2) is 8.42 Å². The first-order valence-electron chi connectivity index (χ1n) is 18.7. The standard InChI is InChI=1S/C41H58N3O4S/c1-5-7-20-41(21-8-6-2)31-49(46,47)38-18-15-35(42(3)4)29-37(38)39(40(41)45)34-13-16-36(17-14-34)48-28-19-32-9-11-33(12-10-32)30-44-25-22-43(23-26-44)24-27-44/h9-18,29,39-40,45H,5-8,19-28,30-31H2,1-4H3/q+1/t39-,40-/m1/s1. The van der Waals surface area contributed by atoms with Crippen molar-refractivity contribution in [2.45, 2.75) is 82.3 Å². The number of aliphatic hydroxyl groups is 1. The minimum Gasteiger partial charge on any atom is -0.493 e. The second-order valence-electron chi connectivity index (χ2n) is 15.4. The second kappa shape index (κ2) is 15.1. The fourth-order valence-corrected chi connectivity index (χ4v) is 10.8. The van der Waals surface area contributed by atoms with Crippen molar-refractivity contribution in [3.05, 3.63) is 89.0 Å². The number of rotatable bonds is 14. The molecule has 7 rings (SSSR count). The summed E-state index contributed by atoms with van der Waals surface area (Å²) in [7, 11) is 0.296. The molecule has 0 radical (unpaired) electrons. The molecule has 8 heteroatoms. The van der Waals surface area contributed by atoms with Crippen LogP contribution < -0.4 is 9.64 Å². The number of benzene rings is 3. The molecule has 3 fully saturated rings. The van der Waals surface area contributed by atoms with Crippen LogP contribution in [0.5, 0.6) is 5.75 Å². The van der Waals surface area contributed by atoms with E-state index in [-0.39, 0.29) is 5.75 Å². The number of nitrogens with zero attached hydrogens (tertiary/aromatic N) is 3. The fraction of sp³-hybridized carbons (Fsp3) is 0.561. The van der Waals surface area contributed by atoms with E-state index in [1.165, 1.54) is 54.9 Å². The Kier molecular flexibility index (Phi) is 11.1. The van der Waals surface area contributed by atoms with Crippen LogP contribution in [0.2, 0.25) is 0 Å². The van der Waals surface area contributed by atoms with Gasteiger partial charge in [0.15, 0.2) is 9.84 Å². The largest absolute Gasteiger partial charge is 0.493 e. The highest BCUT2D eigenvalue weighted by molar-refractivity contribution is 7.91. The lowest BCUT2D eigenvalue weighted by molar-refractivity contribution is -0.953. The monoisotopic (exact) mass is 688 g/mol. The second-order valence-corrected chi connectivity index (χ2v) is 17.3. The van der Waals surface area contributed by atoms with Crippen LogP contribution in [0.1, 0.15) is 80.5 Å². The highest BCUT2D eigenvalue weighted by Gasteiger charge is 2.49. The lowest BCUT2D eigenvalue weighted by atomic mass is 9.68. The van der Waals surface area contributed by atoms with Crippen LogP contribution in [0.4, 0.5) is 5.69 Å². The Labute approximate surface area is 295 Å². The third kappa shape index (κ3) is 7.88. The van der Waals surface area contributed by atoms with Crippen LogP contribution in [0.25, 0.3) is 0 Å². The van der Waals surface area contributed by atoms with Crippen molar-refractivity contribution in [3.8, 4) is 5.75 Å². The zero-order valence-electron chi connectivity index (χ0n) is 30.2. The normalized spacial score (nSPS) is 25.4. The summed E-state index contributed by atoms with van der Waals surface area (Å²) < 4.78 is 35.7. The van der Waals surface area contributed by atoms with E-state index in [1.54, 1.807) is 6.07 Å². The van der Waals surface area contributed by atoms with Crippen LogP contribution in [-0.4, -0.2) is 94.7 Å². The number of fused-ring (bicyclic) bond motifs is 4. The van der Waals surface area contributed by atoms with Gasteiger partial charge in [-0.2, -0.15) is 0 Å². The number of hydrogen-bond acceptors (Lipinski definition) is 6. The van der Waals surface area contributed by atoms with Crippen LogP contribution in [0.3, 0.4) is 0 Å². The van der Waals surface area contributed by atoms with Crippen molar-refractivity contribution in [1.82, 2.24) is 4.90 Å². The smallest absolute Gasteiger partial charge is 0.179 e. The van der Waals surface area contributed by atoms with Gasteiger partial charge in [0.2, 0.25) is 0 Å². The highest BCUT2D eigenvalue weighted by atomic mass is 32.2. The molecule has 0 aliphatic carbocycles. The van der Waals surface area contributed by atoms with Gasteiger partial charge in [-0.1, -0.05) is 75.9 Å². The summed E-state index contributed by atoms with van der Waals surface area (Å²) in [5.74, 6) is 0.293. The number of unbranched alkanes of at least 4 members (excludes halogenated alkanes) is 2. The Morgan fingerprint density at radius 3 is 2.08 bits per heavy atom. The molecule has 0 saturated carbocycles. The van der Waals surface area contributed by atoms with E-state index in [4.69, 9.17) is 4.74 Å². The van der Waals surface area contributed by atoms with Crippen LogP contribution in [0, 0.1) is 5.41 Å². The van der Waals surface area contributed by atoms with Crippen molar-refractivity contribution in [3.63, 3.8) is 0 Å². The van der Waals surface area contributed by atoms with Crippen molar-refractivity contribution < 1.29 is 22.7 Å². The Balaban J connectivity index is 1.19. The Morgan fingerprint density at radius 1 is 0.878 bits per heavy atom. The molecule has 4 aliphatic rings. The zero-order chi connectivity index (χ0) is 34.6. The first-order valence-corrected chi connectivity index (χ1v) is 20.3. The average Bonchev–Trinajstić information content (AvgIpc) is 3.18. The first-order chi connectivity index (χ1) is 23.6. The summed E-state index contributed by atoms with van der Waals surface area (Å²) in [6, 6.07) is 22.7. The topological polar surface area (TPSA) is 70.1 Å². The van der Waals surface area contributed by atoms with Gasteiger partial charge in [0, 0.05) is 62.7 Å². The fourth-order valence-electron chi connectivity index (χ4n) is 8.62. The maximum atomic E-state index is 14.1. The van der Waals surface area contributed by atoms with E-state index in [0.29, 0.717) is 29.9 Å². The molecular weight excluding hydrogens is 631 g/mol. The summed E-state index contributed by atoms with van der Waals surface area (Å²) in [5.41, 5.74) is 4.52. The van der Waals surface area contributed by atoms with Crippen LogP contribution in [0.15, 0.2) is 71.6 Å². The predicted molar refractivity (Wildman–Crippen MR) is 199 cm³/mol. The van der Waals surface area contributed by atoms with Crippen LogP contribution in [-0.2, 0) is 22.8 Å². The summed E-state index contributed by atoms with van der Waals surface area (Å²) in [5, 5.41) is 12.4. The minimum atomic E-state index is -3.63. The minimum absolute atomic E-state index is 0.0209. The number of piperazine rings is 3. The molecule has 2 bridgehead atoms. The SMILES string of the molecule is CCCCC1(CCCC)CS(=O)(=O)c2ccc(N(C)C)cc2[C@@H](c2ccc(OCCc3ccc(C[N+]45CCN(CC4)CC5)cc3)cc2)[C@H]1O. The number of aliphatic hydroxyl groups excluding tert-OH is 1. The molecule has 0 amide bonds. The van der Waals surface area contributed by atoms with Gasteiger partial charge in [-0.15, -0.1) is 0 Å². The first kappa shape index (κ1) is 35.9. The van der Waals surface area contributed by atoms with Crippen molar-refractivity contribution in [1.29, 1.82) is 0 Å². The molecule has 1 N–H and O–H groups in total. The van der Waals surface area contributed by atoms with E-state index in [0.717, 1.165) is 55.6 Å². The summed E-state index contributed by atoms with van der Waals surface area (Å²) in [6.07, 6.45) is 5.06. The maximum Gasteiger partial charge on any atom is 0.179 e. The van der Waals surface area contributed by atoms with Crippen LogP contribution >= 0.6 is 0 Å². The quantitative estimate of drug-likeness (QED) is 0.191. The Hall–Kier alpha value is -2.91. The highest BCUT2D eigenvalue weighted by Crippen LogP contribution is 2.50. The molecule has 3 aromatic carbocycles. The molecular formula is C41H58N3O4S+. The molecule has 4 heterocycles. The van der Waals surface area contributed by atoms with Gasteiger partial charge < -0.3 is 19.2 Å². The van der Waals surface area contributed by atoms with Crippen molar-refractivity contribution in [2.24, 2.45) is 5.41 Å². The van der Waals surface area contributed by atoms with E-state index in [1.807, 2.05) is 55.4 Å². The van der Waals surface area contributed by atoms with Gasteiger partial charge in [-0.3, -0.25) is 4.90 Å². The van der Waals surface area contributed by atoms with Gasteiger partial charge in [0.25, 0.3) is 0 Å². The summed E-state index contributed by atoms with van der Waals surface area (Å²) in [6.45, 7) is 13.5. The average molecular weight is 689 g/mol. The molecule has 3 saturated heterocycles. The molecule has 3 aromatic rings. The van der Waals surface area contributed by atoms with E-state index >= 15 is 0 Å². The van der Waals surface area contributed by atoms with Crippen molar-refractivity contribution >= 4 is 15.5 Å². The lowest BCUT2D eigenvalue weighted by Gasteiger charge is -2.50. The predicted octanol–water partition coefficient (Wildman–Crippen LogP) is 6.67. The molecule has 2 atom stereocenters. The molecule has 4 aliphatic heterocycles. The van der Waals surface area contributed by atoms with E-state index in [9.17, 15) is 13.5 Å². The summed E-state index contributed by atoms with van der Waals surface area (Å²) >= 11 is 0. The summed E-state index contributed by atoms with van der Waals surface area (Å²) in [4.78, 5) is 4.94. The third-order valence-corrected chi connectivity index (χ3v) is 13.8. The number of ether oxygens (including phenoxy) is 1. The van der Waals surface area contributed by atoms with E-state index < -0.39 is 27.3 Å². The number of quaternary nitrogens is 1. The molecule has 0 aromatic heterocycles. The number of sulfone groups is 1. The molecule has 0 unspecified atom stereocenters. The molecule has 49 heavy (non-hydrogen) atoms.